The van der Waals surface area contributed by atoms with Gasteiger partial charge in [-0.25, -0.2) is 5.43 Å². The van der Waals surface area contributed by atoms with Gasteiger partial charge in [-0.1, -0.05) is 0 Å². The zero-order valence-corrected chi connectivity index (χ0v) is 17.2. The van der Waals surface area contributed by atoms with E-state index in [1.165, 1.54) is 26.5 Å². The summed E-state index contributed by atoms with van der Waals surface area (Å²) in [5.41, 5.74) is 3.46. The van der Waals surface area contributed by atoms with Gasteiger partial charge in [0.1, 0.15) is 5.75 Å². The molecule has 0 spiro atoms. The maximum Gasteiger partial charge on any atom is 0.259 e. The molecule has 2 amide bonds. The van der Waals surface area contributed by atoms with Crippen molar-refractivity contribution in [3.05, 3.63) is 52.0 Å². The number of hydrazone groups is 1. The Morgan fingerprint density at radius 1 is 1.00 bits per heavy atom. The molecular weight excluding hydrogens is 430 g/mol. The van der Waals surface area contributed by atoms with Crippen molar-refractivity contribution >= 4 is 34.0 Å². The molecule has 0 aliphatic rings. The molecule has 2 aromatic rings. The first kappa shape index (κ1) is 21.2. The van der Waals surface area contributed by atoms with E-state index in [1.807, 2.05) is 0 Å². The van der Waals surface area contributed by atoms with Crippen molar-refractivity contribution in [2.75, 3.05) is 27.9 Å². The first-order chi connectivity index (χ1) is 13.5. The standard InChI is InChI=1S/C19H20BrN3O5/c1-26-15-6-4-12(8-14(15)20)10-22-23-18(24)11-21-19(25)13-5-7-16(27-2)17(9-13)28-3/h4-10H,11H2,1-3H3,(H,21,25)(H,23,24)/b22-10+. The van der Waals surface area contributed by atoms with E-state index in [0.29, 0.717) is 22.8 Å². The van der Waals surface area contributed by atoms with Gasteiger partial charge >= 0.3 is 0 Å². The molecule has 0 aromatic heterocycles. The number of nitrogens with one attached hydrogen (secondary N) is 2. The van der Waals surface area contributed by atoms with Crippen LogP contribution in [0.2, 0.25) is 0 Å². The van der Waals surface area contributed by atoms with E-state index in [1.54, 1.807) is 37.4 Å². The lowest BCUT2D eigenvalue weighted by molar-refractivity contribution is -0.120. The average molecular weight is 450 g/mol. The van der Waals surface area contributed by atoms with Gasteiger partial charge in [0.25, 0.3) is 11.8 Å². The Kier molecular flexibility index (Phi) is 7.82. The highest BCUT2D eigenvalue weighted by atomic mass is 79.9. The first-order valence-corrected chi connectivity index (χ1v) is 8.93. The minimum atomic E-state index is -0.461. The van der Waals surface area contributed by atoms with Gasteiger partial charge in [0.2, 0.25) is 0 Å². The van der Waals surface area contributed by atoms with Crippen LogP contribution in [0.5, 0.6) is 17.2 Å². The molecule has 0 fully saturated rings. The summed E-state index contributed by atoms with van der Waals surface area (Å²) >= 11 is 3.37. The molecular formula is C19H20BrN3O5. The second-order valence-electron chi connectivity index (χ2n) is 5.44. The summed E-state index contributed by atoms with van der Waals surface area (Å²) in [6.45, 7) is -0.225. The quantitative estimate of drug-likeness (QED) is 0.476. The minimum Gasteiger partial charge on any atom is -0.496 e. The number of halogens is 1. The molecule has 0 radical (unpaired) electrons. The summed E-state index contributed by atoms with van der Waals surface area (Å²) < 4.78 is 16.2. The van der Waals surface area contributed by atoms with E-state index in [-0.39, 0.29) is 6.54 Å². The maximum absolute atomic E-state index is 12.2. The monoisotopic (exact) mass is 449 g/mol. The summed E-state index contributed by atoms with van der Waals surface area (Å²) in [7, 11) is 4.56. The number of rotatable bonds is 8. The third-order valence-corrected chi connectivity index (χ3v) is 4.25. The van der Waals surface area contributed by atoms with Crippen LogP contribution in [0.3, 0.4) is 0 Å². The normalized spacial score (nSPS) is 10.4. The SMILES string of the molecule is COc1ccc(/C=N/NC(=O)CNC(=O)c2ccc(OC)c(OC)c2)cc1Br. The van der Waals surface area contributed by atoms with Crippen LogP contribution in [0.4, 0.5) is 0 Å². The van der Waals surface area contributed by atoms with Gasteiger partial charge in [0.15, 0.2) is 11.5 Å². The molecule has 148 valence electrons. The van der Waals surface area contributed by atoms with Crippen molar-refractivity contribution in [2.24, 2.45) is 5.10 Å². The zero-order valence-electron chi connectivity index (χ0n) is 15.6. The predicted octanol–water partition coefficient (Wildman–Crippen LogP) is 2.35. The number of amides is 2. The number of methoxy groups -OCH3 is 3. The van der Waals surface area contributed by atoms with E-state index in [9.17, 15) is 9.59 Å². The molecule has 2 N–H and O–H groups in total. The number of ether oxygens (including phenoxy) is 3. The highest BCUT2D eigenvalue weighted by molar-refractivity contribution is 9.10. The van der Waals surface area contributed by atoms with Gasteiger partial charge in [-0.2, -0.15) is 5.10 Å². The Bertz CT molecular complexity index is 886. The Labute approximate surface area is 171 Å². The lowest BCUT2D eigenvalue weighted by Gasteiger charge is -2.09. The zero-order chi connectivity index (χ0) is 20.5. The Hall–Kier alpha value is -3.07. The Morgan fingerprint density at radius 3 is 2.32 bits per heavy atom. The average Bonchev–Trinajstić information content (AvgIpc) is 2.71. The van der Waals surface area contributed by atoms with Crippen molar-refractivity contribution in [3.8, 4) is 17.2 Å². The van der Waals surface area contributed by atoms with Gasteiger partial charge in [-0.15, -0.1) is 0 Å². The summed E-state index contributed by atoms with van der Waals surface area (Å²) in [4.78, 5) is 24.0. The number of nitrogens with zero attached hydrogens (tertiary/aromatic N) is 1. The fraction of sp³-hybridized carbons (Fsp3) is 0.211. The van der Waals surface area contributed by atoms with E-state index < -0.39 is 11.8 Å². The molecule has 8 nitrogen and oxygen atoms in total. The van der Waals surface area contributed by atoms with Crippen molar-refractivity contribution in [1.82, 2.24) is 10.7 Å². The van der Waals surface area contributed by atoms with Gasteiger partial charge in [0, 0.05) is 5.56 Å². The summed E-state index contributed by atoms with van der Waals surface area (Å²) in [5, 5.41) is 6.38. The molecule has 0 bridgehead atoms. The fourth-order valence-electron chi connectivity index (χ4n) is 2.22. The molecule has 0 aliphatic heterocycles. The molecule has 9 heteroatoms. The highest BCUT2D eigenvalue weighted by Gasteiger charge is 2.11. The molecule has 2 rings (SSSR count). The Morgan fingerprint density at radius 2 is 1.68 bits per heavy atom. The summed E-state index contributed by atoms with van der Waals surface area (Å²) in [6, 6.07) is 10.1. The summed E-state index contributed by atoms with van der Waals surface area (Å²) in [5.74, 6) is 0.752. The molecule has 0 atom stereocenters. The predicted molar refractivity (Wildman–Crippen MR) is 108 cm³/mol. The number of carbonyl (C=O) groups excluding carboxylic acids is 2. The summed E-state index contributed by atoms with van der Waals surface area (Å²) in [6.07, 6.45) is 1.48. The van der Waals surface area contributed by atoms with Crippen LogP contribution in [-0.2, 0) is 4.79 Å². The number of hydrogen-bond donors (Lipinski definition) is 2. The second-order valence-corrected chi connectivity index (χ2v) is 6.29. The van der Waals surface area contributed by atoms with Crippen LogP contribution in [0.15, 0.2) is 46.0 Å². The third-order valence-electron chi connectivity index (χ3n) is 3.63. The van der Waals surface area contributed by atoms with Crippen LogP contribution in [0.25, 0.3) is 0 Å². The maximum atomic E-state index is 12.2. The van der Waals surface area contributed by atoms with Gasteiger partial charge in [-0.05, 0) is 57.9 Å². The van der Waals surface area contributed by atoms with Crippen molar-refractivity contribution in [3.63, 3.8) is 0 Å². The molecule has 0 aliphatic carbocycles. The first-order valence-electron chi connectivity index (χ1n) is 8.14. The van der Waals surface area contributed by atoms with Gasteiger partial charge < -0.3 is 19.5 Å². The lowest BCUT2D eigenvalue weighted by atomic mass is 10.2. The van der Waals surface area contributed by atoms with Crippen LogP contribution < -0.4 is 25.0 Å². The van der Waals surface area contributed by atoms with E-state index in [4.69, 9.17) is 14.2 Å². The smallest absolute Gasteiger partial charge is 0.259 e. The minimum absolute atomic E-state index is 0.225. The molecule has 0 saturated carbocycles. The third kappa shape index (κ3) is 5.71. The van der Waals surface area contributed by atoms with Gasteiger partial charge in [0.05, 0.1) is 38.6 Å². The number of hydrogen-bond acceptors (Lipinski definition) is 6. The lowest BCUT2D eigenvalue weighted by Crippen LogP contribution is -2.34. The van der Waals surface area contributed by atoms with Crippen molar-refractivity contribution in [1.29, 1.82) is 0 Å². The molecule has 0 unspecified atom stereocenters. The van der Waals surface area contributed by atoms with Crippen LogP contribution >= 0.6 is 15.9 Å². The van der Waals surface area contributed by atoms with E-state index >= 15 is 0 Å². The van der Waals surface area contributed by atoms with Crippen molar-refractivity contribution < 1.29 is 23.8 Å². The Balaban J connectivity index is 1.86. The van der Waals surface area contributed by atoms with E-state index in [2.05, 4.69) is 31.8 Å². The fourth-order valence-corrected chi connectivity index (χ4v) is 2.78. The second kappa shape index (κ2) is 10.3. The van der Waals surface area contributed by atoms with E-state index in [0.717, 1.165) is 10.0 Å². The van der Waals surface area contributed by atoms with Crippen LogP contribution in [0.1, 0.15) is 15.9 Å². The molecule has 28 heavy (non-hydrogen) atoms. The number of benzene rings is 2. The number of carbonyl (C=O) groups is 2. The van der Waals surface area contributed by atoms with Crippen LogP contribution in [-0.4, -0.2) is 45.9 Å². The van der Waals surface area contributed by atoms with Gasteiger partial charge in [-0.3, -0.25) is 9.59 Å². The molecule has 0 saturated heterocycles. The van der Waals surface area contributed by atoms with Crippen LogP contribution in [0, 0.1) is 0 Å². The topological polar surface area (TPSA) is 98.2 Å². The molecule has 0 heterocycles. The largest absolute Gasteiger partial charge is 0.496 e. The molecule has 2 aromatic carbocycles. The van der Waals surface area contributed by atoms with Crippen molar-refractivity contribution in [2.45, 2.75) is 0 Å². The highest BCUT2D eigenvalue weighted by Crippen LogP contribution is 2.27.